The van der Waals surface area contributed by atoms with Crippen LogP contribution >= 0.6 is 15.9 Å². The standard InChI is InChI=1S/C19H18BrN3O2/c1-9-4-5-13(8-14(9)20)17(24)15-10(2)16(21-11(15)3)19-23-22-18(25-19)12-6-7-12/h4-5,8,12,21H,6-7H2,1-3H3. The van der Waals surface area contributed by atoms with E-state index in [1.54, 1.807) is 0 Å². The molecular formula is C19H18BrN3O2. The molecule has 0 radical (unpaired) electrons. The predicted molar refractivity (Wildman–Crippen MR) is 97.8 cm³/mol. The number of aromatic amines is 1. The van der Waals surface area contributed by atoms with Crippen LogP contribution in [-0.2, 0) is 0 Å². The lowest BCUT2D eigenvalue weighted by Gasteiger charge is -2.05. The molecule has 0 bridgehead atoms. The largest absolute Gasteiger partial charge is 0.419 e. The summed E-state index contributed by atoms with van der Waals surface area (Å²) in [7, 11) is 0. The normalized spacial score (nSPS) is 14.1. The van der Waals surface area contributed by atoms with E-state index in [9.17, 15) is 4.79 Å². The third-order valence-corrected chi connectivity index (χ3v) is 5.53. The molecule has 6 heteroatoms. The molecule has 3 aromatic rings. The Hall–Kier alpha value is -2.21. The van der Waals surface area contributed by atoms with Gasteiger partial charge in [0.1, 0.15) is 5.69 Å². The second kappa shape index (κ2) is 5.95. The molecule has 0 unspecified atom stereocenters. The first kappa shape index (κ1) is 16.3. The van der Waals surface area contributed by atoms with Crippen LogP contribution in [-0.4, -0.2) is 21.0 Å². The first-order chi connectivity index (χ1) is 12.0. The van der Waals surface area contributed by atoms with Crippen LogP contribution in [0.1, 0.15) is 57.4 Å². The van der Waals surface area contributed by atoms with Crippen molar-refractivity contribution < 1.29 is 9.21 Å². The number of H-pyrrole nitrogens is 1. The van der Waals surface area contributed by atoms with E-state index in [1.807, 2.05) is 39.0 Å². The molecule has 4 rings (SSSR count). The van der Waals surface area contributed by atoms with Gasteiger partial charge in [0.05, 0.1) is 0 Å². The van der Waals surface area contributed by atoms with Crippen LogP contribution in [0.25, 0.3) is 11.6 Å². The van der Waals surface area contributed by atoms with Gasteiger partial charge in [-0.1, -0.05) is 28.1 Å². The first-order valence-corrected chi connectivity index (χ1v) is 9.08. The van der Waals surface area contributed by atoms with Crippen molar-refractivity contribution in [2.75, 3.05) is 0 Å². The van der Waals surface area contributed by atoms with Gasteiger partial charge in [-0.05, 0) is 50.8 Å². The van der Waals surface area contributed by atoms with Crippen LogP contribution in [0.3, 0.4) is 0 Å². The summed E-state index contributed by atoms with van der Waals surface area (Å²) in [5.74, 6) is 1.53. The van der Waals surface area contributed by atoms with E-state index in [-0.39, 0.29) is 5.78 Å². The molecule has 0 saturated heterocycles. The summed E-state index contributed by atoms with van der Waals surface area (Å²) in [5.41, 5.74) is 4.78. The molecule has 128 valence electrons. The highest BCUT2D eigenvalue weighted by atomic mass is 79.9. The highest BCUT2D eigenvalue weighted by Crippen LogP contribution is 2.40. The van der Waals surface area contributed by atoms with Crippen LogP contribution < -0.4 is 0 Å². The maximum absolute atomic E-state index is 13.0. The van der Waals surface area contributed by atoms with Crippen molar-refractivity contribution in [1.82, 2.24) is 15.2 Å². The maximum Gasteiger partial charge on any atom is 0.264 e. The highest BCUT2D eigenvalue weighted by Gasteiger charge is 2.30. The summed E-state index contributed by atoms with van der Waals surface area (Å²) in [5, 5.41) is 8.29. The van der Waals surface area contributed by atoms with E-state index in [1.165, 1.54) is 0 Å². The molecular weight excluding hydrogens is 382 g/mol. The Labute approximate surface area is 154 Å². The molecule has 2 heterocycles. The van der Waals surface area contributed by atoms with Gasteiger partial charge in [0.2, 0.25) is 5.89 Å². The van der Waals surface area contributed by atoms with Crippen molar-refractivity contribution in [3.63, 3.8) is 0 Å². The van der Waals surface area contributed by atoms with Gasteiger partial charge in [-0.25, -0.2) is 0 Å². The molecule has 1 aliphatic rings. The van der Waals surface area contributed by atoms with E-state index in [0.717, 1.165) is 39.8 Å². The molecule has 1 aromatic carbocycles. The smallest absolute Gasteiger partial charge is 0.264 e. The molecule has 25 heavy (non-hydrogen) atoms. The fraction of sp³-hybridized carbons (Fsp3) is 0.316. The second-order valence-corrected chi connectivity index (χ2v) is 7.49. The summed E-state index contributed by atoms with van der Waals surface area (Å²) in [6.07, 6.45) is 2.22. The van der Waals surface area contributed by atoms with Crippen molar-refractivity contribution in [2.45, 2.75) is 39.5 Å². The van der Waals surface area contributed by atoms with Crippen LogP contribution in [0.15, 0.2) is 27.1 Å². The Morgan fingerprint density at radius 2 is 2.00 bits per heavy atom. The Morgan fingerprint density at radius 3 is 2.68 bits per heavy atom. The van der Waals surface area contributed by atoms with Crippen molar-refractivity contribution in [2.24, 2.45) is 0 Å². The van der Waals surface area contributed by atoms with Gasteiger partial charge in [-0.3, -0.25) is 4.79 Å². The molecule has 1 saturated carbocycles. The number of halogens is 1. The van der Waals surface area contributed by atoms with Crippen LogP contribution in [0.5, 0.6) is 0 Å². The van der Waals surface area contributed by atoms with Gasteiger partial charge in [0, 0.05) is 27.2 Å². The zero-order chi connectivity index (χ0) is 17.7. The summed E-state index contributed by atoms with van der Waals surface area (Å²) in [4.78, 5) is 16.3. The molecule has 0 amide bonds. The van der Waals surface area contributed by atoms with E-state index in [0.29, 0.717) is 28.8 Å². The zero-order valence-corrected chi connectivity index (χ0v) is 15.9. The predicted octanol–water partition coefficient (Wildman–Crippen LogP) is 4.86. The highest BCUT2D eigenvalue weighted by molar-refractivity contribution is 9.10. The lowest BCUT2D eigenvalue weighted by atomic mass is 9.99. The average Bonchev–Trinajstić information content (AvgIpc) is 3.24. The summed E-state index contributed by atoms with van der Waals surface area (Å²) in [6.45, 7) is 5.80. The maximum atomic E-state index is 13.0. The van der Waals surface area contributed by atoms with Gasteiger partial charge >= 0.3 is 0 Å². The Balaban J connectivity index is 1.73. The number of ketones is 1. The number of rotatable bonds is 4. The molecule has 0 spiro atoms. The molecule has 1 N–H and O–H groups in total. The zero-order valence-electron chi connectivity index (χ0n) is 14.3. The van der Waals surface area contributed by atoms with Crippen molar-refractivity contribution in [1.29, 1.82) is 0 Å². The number of carbonyl (C=O) groups is 1. The number of hydrogen-bond acceptors (Lipinski definition) is 4. The van der Waals surface area contributed by atoms with Crippen molar-refractivity contribution in [3.05, 3.63) is 56.5 Å². The van der Waals surface area contributed by atoms with Crippen LogP contribution in [0.4, 0.5) is 0 Å². The number of nitrogens with one attached hydrogen (secondary N) is 1. The van der Waals surface area contributed by atoms with Crippen molar-refractivity contribution in [3.8, 4) is 11.6 Å². The quantitative estimate of drug-likeness (QED) is 0.635. The Kier molecular flexibility index (Phi) is 3.87. The lowest BCUT2D eigenvalue weighted by Crippen LogP contribution is -2.04. The van der Waals surface area contributed by atoms with Gasteiger partial charge in [0.25, 0.3) is 5.89 Å². The molecule has 0 aliphatic heterocycles. The minimum Gasteiger partial charge on any atom is -0.419 e. The third kappa shape index (κ3) is 2.84. The Morgan fingerprint density at radius 1 is 1.24 bits per heavy atom. The minimum atomic E-state index is -0.0138. The topological polar surface area (TPSA) is 71.8 Å². The monoisotopic (exact) mass is 399 g/mol. The van der Waals surface area contributed by atoms with Gasteiger partial charge in [-0.15, -0.1) is 10.2 Å². The lowest BCUT2D eigenvalue weighted by molar-refractivity contribution is 0.103. The number of nitrogens with zero attached hydrogens (tertiary/aromatic N) is 2. The van der Waals surface area contributed by atoms with E-state index < -0.39 is 0 Å². The number of aromatic nitrogens is 3. The van der Waals surface area contributed by atoms with Crippen LogP contribution in [0.2, 0.25) is 0 Å². The fourth-order valence-electron chi connectivity index (χ4n) is 3.01. The number of aryl methyl sites for hydroxylation is 2. The van der Waals surface area contributed by atoms with Gasteiger partial charge < -0.3 is 9.40 Å². The molecule has 1 fully saturated rings. The van der Waals surface area contributed by atoms with Gasteiger partial charge in [-0.2, -0.15) is 0 Å². The number of benzene rings is 1. The van der Waals surface area contributed by atoms with E-state index in [2.05, 4.69) is 31.1 Å². The number of hydrogen-bond donors (Lipinski definition) is 1. The SMILES string of the molecule is Cc1ccc(C(=O)c2c(C)[nH]c(-c3nnc(C4CC4)o3)c2C)cc1Br. The summed E-state index contributed by atoms with van der Waals surface area (Å²) >= 11 is 3.49. The second-order valence-electron chi connectivity index (χ2n) is 6.64. The molecule has 1 aliphatic carbocycles. The average molecular weight is 400 g/mol. The van der Waals surface area contributed by atoms with Crippen LogP contribution in [0, 0.1) is 20.8 Å². The van der Waals surface area contributed by atoms with Gasteiger partial charge in [0.15, 0.2) is 5.78 Å². The third-order valence-electron chi connectivity index (χ3n) is 4.68. The fourth-order valence-corrected chi connectivity index (χ4v) is 3.39. The molecule has 2 aromatic heterocycles. The van der Waals surface area contributed by atoms with Crippen molar-refractivity contribution >= 4 is 21.7 Å². The minimum absolute atomic E-state index is 0.0138. The van der Waals surface area contributed by atoms with E-state index in [4.69, 9.17) is 4.42 Å². The first-order valence-electron chi connectivity index (χ1n) is 8.29. The van der Waals surface area contributed by atoms with E-state index >= 15 is 0 Å². The summed E-state index contributed by atoms with van der Waals surface area (Å²) < 4.78 is 6.72. The summed E-state index contributed by atoms with van der Waals surface area (Å²) in [6, 6.07) is 5.66. The molecule has 0 atom stereocenters. The number of carbonyl (C=O) groups excluding carboxylic acids is 1. The molecule has 5 nitrogen and oxygen atoms in total. The Bertz CT molecular complexity index is 983.